The van der Waals surface area contributed by atoms with E-state index in [0.717, 1.165) is 72.3 Å². The largest absolute Gasteiger partial charge is 0.364 e. The molecule has 0 saturated heterocycles. The topological polar surface area (TPSA) is 6.48 Å². The van der Waals surface area contributed by atoms with Gasteiger partial charge in [0.1, 0.15) is 0 Å². The SMILES string of the molecule is CC1(C)/C(=C\C=C2/CCCC(/C=C/C3N(CCC[N+](C)(C)C)c4ccccc4C3(C)C)=C2Cl)N(CCC[N+](C)(C)C)c2ccccc21. The van der Waals surface area contributed by atoms with E-state index < -0.39 is 0 Å². The van der Waals surface area contributed by atoms with Gasteiger partial charge in [-0.15, -0.1) is 0 Å². The lowest BCUT2D eigenvalue weighted by Gasteiger charge is -2.33. The van der Waals surface area contributed by atoms with Crippen LogP contribution in [0.4, 0.5) is 11.4 Å². The fourth-order valence-corrected chi connectivity index (χ4v) is 8.28. The van der Waals surface area contributed by atoms with E-state index >= 15 is 0 Å². The molecular weight excluding hydrogens is 596 g/mol. The molecule has 5 heteroatoms. The molecular formula is C42H61ClN4+2. The van der Waals surface area contributed by atoms with Crippen molar-refractivity contribution in [1.29, 1.82) is 0 Å². The molecule has 0 radical (unpaired) electrons. The maximum absolute atomic E-state index is 7.28. The van der Waals surface area contributed by atoms with Crippen molar-refractivity contribution < 1.29 is 8.97 Å². The summed E-state index contributed by atoms with van der Waals surface area (Å²) in [5.41, 5.74) is 9.46. The first-order chi connectivity index (χ1) is 22.0. The highest BCUT2D eigenvalue weighted by Gasteiger charge is 2.43. The number of nitrogens with zero attached hydrogens (tertiary/aromatic N) is 4. The Morgan fingerprint density at radius 2 is 1.36 bits per heavy atom. The number of benzene rings is 2. The summed E-state index contributed by atoms with van der Waals surface area (Å²) in [6.07, 6.45) is 15.0. The fraction of sp³-hybridized carbons (Fsp3) is 0.524. The smallest absolute Gasteiger partial charge is 0.0797 e. The number of allylic oxidation sites excluding steroid dienone is 7. The van der Waals surface area contributed by atoms with Crippen molar-refractivity contribution in [1.82, 2.24) is 0 Å². The van der Waals surface area contributed by atoms with Gasteiger partial charge in [0.25, 0.3) is 0 Å². The van der Waals surface area contributed by atoms with Gasteiger partial charge < -0.3 is 18.8 Å². The molecule has 0 N–H and O–H groups in total. The quantitative estimate of drug-likeness (QED) is 0.223. The molecule has 0 saturated carbocycles. The van der Waals surface area contributed by atoms with Crippen LogP contribution in [0.5, 0.6) is 0 Å². The van der Waals surface area contributed by atoms with Crippen LogP contribution in [-0.4, -0.2) is 83.5 Å². The molecule has 4 nitrogen and oxygen atoms in total. The van der Waals surface area contributed by atoms with Crippen LogP contribution in [0.3, 0.4) is 0 Å². The highest BCUT2D eigenvalue weighted by atomic mass is 35.5. The number of halogens is 1. The summed E-state index contributed by atoms with van der Waals surface area (Å²) in [6, 6.07) is 18.3. The van der Waals surface area contributed by atoms with Crippen molar-refractivity contribution in [3.05, 3.63) is 106 Å². The van der Waals surface area contributed by atoms with E-state index in [1.807, 2.05) is 0 Å². The molecule has 0 amide bonds. The minimum Gasteiger partial charge on any atom is -0.364 e. The van der Waals surface area contributed by atoms with Crippen molar-refractivity contribution >= 4 is 23.0 Å². The van der Waals surface area contributed by atoms with Gasteiger partial charge in [0.15, 0.2) is 0 Å². The Bertz CT molecular complexity index is 1560. The molecule has 5 rings (SSSR count). The molecule has 1 atom stereocenters. The lowest BCUT2D eigenvalue weighted by atomic mass is 9.80. The molecule has 0 spiro atoms. The first-order valence-corrected chi connectivity index (χ1v) is 18.2. The van der Waals surface area contributed by atoms with Crippen molar-refractivity contribution in [3.8, 4) is 0 Å². The number of anilines is 2. The normalized spacial score (nSPS) is 22.6. The molecule has 0 bridgehead atoms. The lowest BCUT2D eigenvalue weighted by molar-refractivity contribution is -0.870. The summed E-state index contributed by atoms with van der Waals surface area (Å²) in [4.78, 5) is 5.21. The maximum Gasteiger partial charge on any atom is 0.0797 e. The zero-order chi connectivity index (χ0) is 34.2. The van der Waals surface area contributed by atoms with Crippen LogP contribution in [0.15, 0.2) is 94.7 Å². The van der Waals surface area contributed by atoms with Gasteiger partial charge in [-0.05, 0) is 59.7 Å². The fourth-order valence-electron chi connectivity index (χ4n) is 7.97. The zero-order valence-corrected chi connectivity index (χ0v) is 31.8. The van der Waals surface area contributed by atoms with Crippen LogP contribution in [0.1, 0.15) is 70.9 Å². The predicted octanol–water partition coefficient (Wildman–Crippen LogP) is 9.19. The number of quaternary nitrogens is 2. The molecule has 1 aliphatic carbocycles. The first kappa shape index (κ1) is 35.5. The van der Waals surface area contributed by atoms with Crippen LogP contribution in [0, 0.1) is 0 Å². The van der Waals surface area contributed by atoms with E-state index in [0.29, 0.717) is 6.04 Å². The van der Waals surface area contributed by atoms with E-state index in [-0.39, 0.29) is 10.8 Å². The predicted molar refractivity (Wildman–Crippen MR) is 204 cm³/mol. The first-order valence-electron chi connectivity index (χ1n) is 17.8. The van der Waals surface area contributed by atoms with Gasteiger partial charge in [-0.2, -0.15) is 0 Å². The number of fused-ring (bicyclic) bond motifs is 2. The standard InChI is InChI=1S/C42H61ClN4/c1-41(2)34-20-11-13-22-36(34)44(28-16-30-46(5,6)7)38(41)26-24-32-18-15-19-33(40(32)43)25-27-39-42(3,4)35-21-12-14-23-37(35)45(39)29-17-31-47(8,9)10/h11-14,20-27,38H,15-19,28-31H2,1-10H3/q+2/b26-24+,33-25+,39-27+. The minimum absolute atomic E-state index is 0.0207. The van der Waals surface area contributed by atoms with Gasteiger partial charge >= 0.3 is 0 Å². The van der Waals surface area contributed by atoms with Crippen LogP contribution in [-0.2, 0) is 10.8 Å². The Morgan fingerprint density at radius 3 is 2.02 bits per heavy atom. The van der Waals surface area contributed by atoms with Crippen molar-refractivity contribution in [2.24, 2.45) is 0 Å². The summed E-state index contributed by atoms with van der Waals surface area (Å²) in [6.45, 7) is 13.9. The van der Waals surface area contributed by atoms with E-state index in [4.69, 9.17) is 11.6 Å². The molecule has 0 fully saturated rings. The maximum atomic E-state index is 7.28. The Kier molecular flexibility index (Phi) is 10.3. The number of hydrogen-bond donors (Lipinski definition) is 0. The van der Waals surface area contributed by atoms with Crippen LogP contribution < -0.4 is 9.80 Å². The molecule has 0 aromatic heterocycles. The van der Waals surface area contributed by atoms with Crippen molar-refractivity contribution in [2.75, 3.05) is 78.3 Å². The highest BCUT2D eigenvalue weighted by molar-refractivity contribution is 6.32. The number of hydrogen-bond acceptors (Lipinski definition) is 2. The molecule has 2 heterocycles. The van der Waals surface area contributed by atoms with E-state index in [9.17, 15) is 0 Å². The van der Waals surface area contributed by atoms with Gasteiger partial charge in [0, 0.05) is 58.9 Å². The highest BCUT2D eigenvalue weighted by Crippen LogP contribution is 2.48. The number of para-hydroxylation sites is 2. The summed E-state index contributed by atoms with van der Waals surface area (Å²) in [5.74, 6) is 0. The van der Waals surface area contributed by atoms with Crippen LogP contribution >= 0.6 is 11.6 Å². The summed E-state index contributed by atoms with van der Waals surface area (Å²) >= 11 is 7.28. The third-order valence-corrected chi connectivity index (χ3v) is 11.1. The summed E-state index contributed by atoms with van der Waals surface area (Å²) < 4.78 is 1.97. The van der Waals surface area contributed by atoms with E-state index in [2.05, 4.69) is 153 Å². The van der Waals surface area contributed by atoms with E-state index in [1.54, 1.807) is 0 Å². The van der Waals surface area contributed by atoms with E-state index in [1.165, 1.54) is 39.3 Å². The van der Waals surface area contributed by atoms with Gasteiger partial charge in [-0.3, -0.25) is 0 Å². The molecule has 2 aliphatic heterocycles. The van der Waals surface area contributed by atoms with Crippen LogP contribution in [0.2, 0.25) is 0 Å². The average molecular weight is 657 g/mol. The Morgan fingerprint density at radius 1 is 0.766 bits per heavy atom. The van der Waals surface area contributed by atoms with Gasteiger partial charge in [-0.25, -0.2) is 0 Å². The van der Waals surface area contributed by atoms with Crippen molar-refractivity contribution in [2.45, 2.75) is 76.7 Å². The second-order valence-electron chi connectivity index (χ2n) is 17.2. The van der Waals surface area contributed by atoms with Gasteiger partial charge in [0.05, 0.1) is 61.4 Å². The zero-order valence-electron chi connectivity index (χ0n) is 31.0. The average Bonchev–Trinajstić information content (AvgIpc) is 3.33. The summed E-state index contributed by atoms with van der Waals surface area (Å²) in [5, 5.41) is 0.944. The van der Waals surface area contributed by atoms with Gasteiger partial charge in [0.2, 0.25) is 0 Å². The lowest BCUT2D eigenvalue weighted by Crippen LogP contribution is -2.42. The third-order valence-electron chi connectivity index (χ3n) is 10.6. The van der Waals surface area contributed by atoms with Gasteiger partial charge in [-0.1, -0.05) is 93.9 Å². The van der Waals surface area contributed by atoms with Crippen LogP contribution in [0.25, 0.3) is 0 Å². The molecule has 3 aliphatic rings. The Balaban J connectivity index is 1.42. The molecule has 2 aromatic rings. The molecule has 47 heavy (non-hydrogen) atoms. The third kappa shape index (κ3) is 7.77. The molecule has 254 valence electrons. The Labute approximate surface area is 291 Å². The second-order valence-corrected chi connectivity index (χ2v) is 17.6. The monoisotopic (exact) mass is 656 g/mol. The minimum atomic E-state index is -0.0593. The molecule has 2 aromatic carbocycles. The molecule has 1 unspecified atom stereocenters. The summed E-state index contributed by atoms with van der Waals surface area (Å²) in [7, 11) is 13.7. The Hall–Kier alpha value is -2.79. The van der Waals surface area contributed by atoms with Crippen molar-refractivity contribution in [3.63, 3.8) is 0 Å². The second kappa shape index (κ2) is 13.6. The number of rotatable bonds is 11.